The van der Waals surface area contributed by atoms with Crippen LogP contribution < -0.4 is 0 Å². The van der Waals surface area contributed by atoms with Crippen molar-refractivity contribution >= 4 is 23.9 Å². The van der Waals surface area contributed by atoms with Crippen LogP contribution in [0, 0.1) is 0 Å². The molecule has 0 atom stereocenters. The van der Waals surface area contributed by atoms with Crippen molar-refractivity contribution in [1.82, 2.24) is 0 Å². The van der Waals surface area contributed by atoms with Crippen LogP contribution in [0.5, 0.6) is 0 Å². The number of benzene rings is 3. The van der Waals surface area contributed by atoms with Gasteiger partial charge in [-0.15, -0.1) is 0 Å². The summed E-state index contributed by atoms with van der Waals surface area (Å²) in [7, 11) is 0. The average molecular weight is 452 g/mol. The number of ether oxygens (including phenoxy) is 2. The Hall–Kier alpha value is -4.27. The fourth-order valence-corrected chi connectivity index (χ4v) is 4.32. The van der Waals surface area contributed by atoms with Crippen LogP contribution in [0.4, 0.5) is 13.2 Å². The minimum absolute atomic E-state index is 0.143. The first-order valence-corrected chi connectivity index (χ1v) is 9.59. The second kappa shape index (κ2) is 6.86. The maximum atomic E-state index is 15.1. The van der Waals surface area contributed by atoms with Crippen molar-refractivity contribution in [3.8, 4) is 0 Å². The lowest BCUT2D eigenvalue weighted by molar-refractivity contribution is -0.166. The van der Waals surface area contributed by atoms with Crippen LogP contribution in [-0.4, -0.2) is 30.1 Å². The number of alkyl halides is 3. The van der Waals surface area contributed by atoms with Gasteiger partial charge in [0.05, 0.1) is 22.3 Å². The Morgan fingerprint density at radius 1 is 0.515 bits per heavy atom. The van der Waals surface area contributed by atoms with Crippen molar-refractivity contribution < 1.29 is 41.8 Å². The van der Waals surface area contributed by atoms with Crippen LogP contribution in [0.2, 0.25) is 0 Å². The number of rotatable bonds is 3. The van der Waals surface area contributed by atoms with Gasteiger partial charge in [0.1, 0.15) is 5.41 Å². The first-order valence-electron chi connectivity index (χ1n) is 9.59. The number of hydrogen-bond donors (Lipinski definition) is 0. The predicted molar refractivity (Wildman–Crippen MR) is 105 cm³/mol. The highest BCUT2D eigenvalue weighted by atomic mass is 19.4. The van der Waals surface area contributed by atoms with Crippen LogP contribution in [0.1, 0.15) is 58.1 Å². The molecule has 3 aromatic rings. The van der Waals surface area contributed by atoms with Gasteiger partial charge < -0.3 is 9.47 Å². The summed E-state index contributed by atoms with van der Waals surface area (Å²) in [5.74, 6) is -4.00. The summed E-state index contributed by atoms with van der Waals surface area (Å²) in [5, 5.41) is 0. The summed E-state index contributed by atoms with van der Waals surface area (Å²) in [5.41, 5.74) is -4.67. The van der Waals surface area contributed by atoms with E-state index in [1.807, 2.05) is 0 Å². The highest BCUT2D eigenvalue weighted by Crippen LogP contribution is 2.52. The zero-order valence-electron chi connectivity index (χ0n) is 16.4. The van der Waals surface area contributed by atoms with E-state index in [0.29, 0.717) is 0 Å². The molecule has 0 saturated heterocycles. The van der Waals surface area contributed by atoms with Crippen molar-refractivity contribution in [2.45, 2.75) is 11.6 Å². The van der Waals surface area contributed by atoms with Crippen molar-refractivity contribution in [2.24, 2.45) is 0 Å². The summed E-state index contributed by atoms with van der Waals surface area (Å²) in [6, 6.07) is 13.3. The minimum atomic E-state index is -4.98. The lowest BCUT2D eigenvalue weighted by Crippen LogP contribution is -2.44. The second-order valence-corrected chi connectivity index (χ2v) is 7.49. The number of cyclic esters (lactones) is 4. The molecule has 6 nitrogen and oxygen atoms in total. The molecule has 2 aliphatic rings. The van der Waals surface area contributed by atoms with Gasteiger partial charge in [0.2, 0.25) is 0 Å². The Balaban J connectivity index is 1.87. The number of carbonyl (C=O) groups is 4. The van der Waals surface area contributed by atoms with Crippen LogP contribution in [-0.2, 0) is 14.9 Å². The molecular weight excluding hydrogens is 441 g/mol. The standard InChI is InChI=1S/C24H11F3O6/c25-24(26,27)23(12-4-2-1-3-5-12,13-6-8-15-17(10-13)21(30)32-19(15)28)14-7-9-16-18(11-14)22(31)33-20(16)29/h1-11H. The Morgan fingerprint density at radius 3 is 1.36 bits per heavy atom. The van der Waals surface area contributed by atoms with Crippen LogP contribution >= 0.6 is 0 Å². The van der Waals surface area contributed by atoms with Gasteiger partial charge in [-0.05, 0) is 41.0 Å². The Bertz CT molecular complexity index is 1300. The Labute approximate surface area is 183 Å². The highest BCUT2D eigenvalue weighted by Gasteiger charge is 2.59. The van der Waals surface area contributed by atoms with Gasteiger partial charge in [0, 0.05) is 0 Å². The van der Waals surface area contributed by atoms with Crippen molar-refractivity contribution in [1.29, 1.82) is 0 Å². The molecule has 0 saturated carbocycles. The minimum Gasteiger partial charge on any atom is -0.386 e. The maximum absolute atomic E-state index is 15.1. The molecule has 9 heteroatoms. The molecule has 0 amide bonds. The third-order valence-corrected chi connectivity index (χ3v) is 5.79. The monoisotopic (exact) mass is 452 g/mol. The summed E-state index contributed by atoms with van der Waals surface area (Å²) >= 11 is 0. The maximum Gasteiger partial charge on any atom is 0.406 e. The first-order chi connectivity index (χ1) is 15.6. The molecule has 0 bridgehead atoms. The smallest absolute Gasteiger partial charge is 0.386 e. The number of esters is 4. The molecule has 2 aliphatic heterocycles. The number of carbonyl (C=O) groups excluding carboxylic acids is 4. The molecular formula is C24H11F3O6. The van der Waals surface area contributed by atoms with Crippen molar-refractivity contribution in [2.75, 3.05) is 0 Å². The third kappa shape index (κ3) is 2.82. The molecule has 5 rings (SSSR count). The SMILES string of the molecule is O=C1OC(=O)c2cc(C(c3ccccc3)(c3ccc4c(c3)C(=O)OC4=O)C(F)(F)F)ccc21. The molecule has 0 fully saturated rings. The quantitative estimate of drug-likeness (QED) is 0.336. The van der Waals surface area contributed by atoms with E-state index in [-0.39, 0.29) is 38.9 Å². The first kappa shape index (κ1) is 20.6. The number of fused-ring (bicyclic) bond motifs is 2. The molecule has 2 heterocycles. The average Bonchev–Trinajstić information content (AvgIpc) is 3.22. The largest absolute Gasteiger partial charge is 0.406 e. The molecule has 0 radical (unpaired) electrons. The Morgan fingerprint density at radius 2 is 0.939 bits per heavy atom. The summed E-state index contributed by atoms with van der Waals surface area (Å²) in [4.78, 5) is 47.8. The van der Waals surface area contributed by atoms with Crippen LogP contribution in [0.3, 0.4) is 0 Å². The topological polar surface area (TPSA) is 86.7 Å². The van der Waals surface area contributed by atoms with Gasteiger partial charge in [-0.25, -0.2) is 19.2 Å². The van der Waals surface area contributed by atoms with Gasteiger partial charge in [-0.2, -0.15) is 13.2 Å². The highest BCUT2D eigenvalue weighted by molar-refractivity contribution is 6.15. The molecule has 0 aromatic heterocycles. The van der Waals surface area contributed by atoms with Gasteiger partial charge in [0.15, 0.2) is 0 Å². The predicted octanol–water partition coefficient (Wildman–Crippen LogP) is 4.20. The fourth-order valence-electron chi connectivity index (χ4n) is 4.32. The Kier molecular flexibility index (Phi) is 4.29. The van der Waals surface area contributed by atoms with Crippen molar-refractivity contribution in [3.63, 3.8) is 0 Å². The van der Waals surface area contributed by atoms with E-state index in [4.69, 9.17) is 0 Å². The van der Waals surface area contributed by atoms with Gasteiger partial charge in [0.25, 0.3) is 0 Å². The van der Waals surface area contributed by atoms with E-state index in [1.54, 1.807) is 6.07 Å². The summed E-state index contributed by atoms with van der Waals surface area (Å²) in [6.45, 7) is 0. The zero-order valence-corrected chi connectivity index (χ0v) is 16.4. The molecule has 164 valence electrons. The van der Waals surface area contributed by atoms with E-state index in [0.717, 1.165) is 36.4 Å². The van der Waals surface area contributed by atoms with Gasteiger partial charge in [-0.1, -0.05) is 42.5 Å². The van der Waals surface area contributed by atoms with Crippen LogP contribution in [0.25, 0.3) is 0 Å². The van der Waals surface area contributed by atoms with Gasteiger partial charge in [-0.3, -0.25) is 0 Å². The normalized spacial score (nSPS) is 15.2. The van der Waals surface area contributed by atoms with E-state index in [1.165, 1.54) is 24.3 Å². The molecule has 0 unspecified atom stereocenters. The second-order valence-electron chi connectivity index (χ2n) is 7.49. The van der Waals surface area contributed by atoms with E-state index >= 15 is 13.2 Å². The van der Waals surface area contributed by atoms with Crippen LogP contribution in [0.15, 0.2) is 66.7 Å². The summed E-state index contributed by atoms with van der Waals surface area (Å²) < 4.78 is 54.4. The van der Waals surface area contributed by atoms with E-state index in [9.17, 15) is 19.2 Å². The molecule has 0 spiro atoms. The van der Waals surface area contributed by atoms with Gasteiger partial charge >= 0.3 is 30.1 Å². The van der Waals surface area contributed by atoms with E-state index in [2.05, 4.69) is 9.47 Å². The molecule has 0 aliphatic carbocycles. The number of hydrogen-bond acceptors (Lipinski definition) is 6. The molecule has 3 aromatic carbocycles. The fraction of sp³-hybridized carbons (Fsp3) is 0.0833. The lowest BCUT2D eigenvalue weighted by atomic mass is 9.68. The third-order valence-electron chi connectivity index (χ3n) is 5.79. The lowest BCUT2D eigenvalue weighted by Gasteiger charge is -2.37. The summed E-state index contributed by atoms with van der Waals surface area (Å²) in [6.07, 6.45) is -4.98. The van der Waals surface area contributed by atoms with Crippen molar-refractivity contribution in [3.05, 3.63) is 106 Å². The number of halogens is 3. The zero-order chi connectivity index (χ0) is 23.5. The molecule has 0 N–H and O–H groups in total. The molecule has 33 heavy (non-hydrogen) atoms. The van der Waals surface area contributed by atoms with E-state index < -0.39 is 35.5 Å².